The van der Waals surface area contributed by atoms with Crippen LogP contribution >= 0.6 is 0 Å². The number of hydrogen-bond donors (Lipinski definition) is 2. The first-order valence-corrected chi connectivity index (χ1v) is 8.07. The Morgan fingerprint density at radius 3 is 2.95 bits per heavy atom. The number of nitrogens with zero attached hydrogens (tertiary/aromatic N) is 3. The number of aryl methyl sites for hydroxylation is 2. The lowest BCUT2D eigenvalue weighted by Crippen LogP contribution is -2.36. The van der Waals surface area contributed by atoms with Crippen molar-refractivity contribution >= 4 is 11.4 Å². The van der Waals surface area contributed by atoms with Crippen molar-refractivity contribution in [1.29, 1.82) is 0 Å². The van der Waals surface area contributed by atoms with Crippen molar-refractivity contribution in [1.82, 2.24) is 9.88 Å². The number of benzene rings is 1. The van der Waals surface area contributed by atoms with Gasteiger partial charge in [0.2, 0.25) is 6.33 Å². The van der Waals surface area contributed by atoms with E-state index in [0.717, 1.165) is 38.4 Å². The van der Waals surface area contributed by atoms with Gasteiger partial charge in [0.1, 0.15) is 18.9 Å². The predicted molar refractivity (Wildman–Crippen MR) is 89.9 cm³/mol. The van der Waals surface area contributed by atoms with Crippen LogP contribution in [0.25, 0.3) is 0 Å². The third kappa shape index (κ3) is 3.60. The van der Waals surface area contributed by atoms with Crippen molar-refractivity contribution in [3.05, 3.63) is 42.5 Å². The molecule has 0 atom stereocenters. The van der Waals surface area contributed by atoms with Crippen LogP contribution in [0.1, 0.15) is 12.0 Å². The molecule has 0 bridgehead atoms. The monoisotopic (exact) mass is 300 g/mol. The highest BCUT2D eigenvalue weighted by atomic mass is 15.2. The average Bonchev–Trinajstić information content (AvgIpc) is 2.93. The molecule has 0 saturated carbocycles. The minimum atomic E-state index is 0.860. The van der Waals surface area contributed by atoms with Crippen LogP contribution in [0, 0.1) is 0 Å². The van der Waals surface area contributed by atoms with E-state index in [1.165, 1.54) is 24.1 Å². The molecule has 0 unspecified atom stereocenters. The SMILES string of the molecule is C[n+]1ccn(CCNCCN2CCCc3ccc(N)cc32)c1. The number of anilines is 2. The first kappa shape index (κ1) is 14.9. The summed E-state index contributed by atoms with van der Waals surface area (Å²) < 4.78 is 4.26. The molecule has 0 fully saturated rings. The quantitative estimate of drug-likeness (QED) is 0.474. The Morgan fingerprint density at radius 1 is 1.27 bits per heavy atom. The van der Waals surface area contributed by atoms with Gasteiger partial charge in [0.25, 0.3) is 0 Å². The minimum Gasteiger partial charge on any atom is -0.399 e. The lowest BCUT2D eigenvalue weighted by atomic mass is 10.0. The molecule has 22 heavy (non-hydrogen) atoms. The van der Waals surface area contributed by atoms with E-state index in [1.54, 1.807) is 0 Å². The highest BCUT2D eigenvalue weighted by molar-refractivity contribution is 5.62. The van der Waals surface area contributed by atoms with E-state index in [1.807, 2.05) is 13.1 Å². The van der Waals surface area contributed by atoms with Gasteiger partial charge in [0, 0.05) is 37.6 Å². The first-order valence-electron chi connectivity index (χ1n) is 8.07. The summed E-state index contributed by atoms with van der Waals surface area (Å²) in [6, 6.07) is 6.31. The van der Waals surface area contributed by atoms with Crippen molar-refractivity contribution in [2.75, 3.05) is 36.8 Å². The molecule has 0 amide bonds. The zero-order valence-electron chi connectivity index (χ0n) is 13.3. The summed E-state index contributed by atoms with van der Waals surface area (Å²) in [5, 5.41) is 3.53. The minimum absolute atomic E-state index is 0.860. The molecule has 1 aromatic heterocycles. The smallest absolute Gasteiger partial charge is 0.243 e. The van der Waals surface area contributed by atoms with E-state index < -0.39 is 0 Å². The van der Waals surface area contributed by atoms with E-state index in [9.17, 15) is 0 Å². The maximum atomic E-state index is 5.94. The summed E-state index contributed by atoms with van der Waals surface area (Å²) in [5.41, 5.74) is 9.56. The summed E-state index contributed by atoms with van der Waals surface area (Å²) in [6.45, 7) is 5.17. The standard InChI is InChI=1S/C17H26N5/c1-20-11-12-21(14-20)9-6-19-7-10-22-8-2-3-15-4-5-16(18)13-17(15)22/h4-5,11-14,19H,2-3,6-10,18H2,1H3/q+1. The average molecular weight is 300 g/mol. The number of imidazole rings is 1. The molecule has 1 aliphatic heterocycles. The lowest BCUT2D eigenvalue weighted by Gasteiger charge is -2.31. The third-order valence-electron chi connectivity index (χ3n) is 4.25. The normalized spacial score (nSPS) is 14.1. The largest absolute Gasteiger partial charge is 0.399 e. The summed E-state index contributed by atoms with van der Waals surface area (Å²) in [5.74, 6) is 0. The number of nitrogens with two attached hydrogens (primary N) is 1. The molecule has 3 N–H and O–H groups in total. The zero-order valence-corrected chi connectivity index (χ0v) is 13.3. The molecule has 3 rings (SSSR count). The molecule has 0 radical (unpaired) electrons. The molecular weight excluding hydrogens is 274 g/mol. The van der Waals surface area contributed by atoms with Crippen molar-refractivity contribution in [2.24, 2.45) is 7.05 Å². The molecule has 1 aliphatic rings. The van der Waals surface area contributed by atoms with Crippen LogP contribution in [-0.2, 0) is 20.0 Å². The predicted octanol–water partition coefficient (Wildman–Crippen LogP) is 0.937. The fourth-order valence-corrected chi connectivity index (χ4v) is 3.08. The Morgan fingerprint density at radius 2 is 2.14 bits per heavy atom. The third-order valence-corrected chi connectivity index (χ3v) is 4.25. The highest BCUT2D eigenvalue weighted by Crippen LogP contribution is 2.28. The maximum Gasteiger partial charge on any atom is 0.243 e. The van der Waals surface area contributed by atoms with Gasteiger partial charge in [-0.2, -0.15) is 0 Å². The van der Waals surface area contributed by atoms with Gasteiger partial charge in [-0.05, 0) is 30.5 Å². The summed E-state index contributed by atoms with van der Waals surface area (Å²) in [7, 11) is 2.05. The van der Waals surface area contributed by atoms with E-state index >= 15 is 0 Å². The number of rotatable bonds is 6. The fourth-order valence-electron chi connectivity index (χ4n) is 3.08. The van der Waals surface area contributed by atoms with E-state index in [2.05, 4.69) is 50.2 Å². The second-order valence-corrected chi connectivity index (χ2v) is 6.05. The molecule has 2 heterocycles. The summed E-state index contributed by atoms with van der Waals surface area (Å²) in [6.07, 6.45) is 8.67. The molecule has 5 nitrogen and oxygen atoms in total. The highest BCUT2D eigenvalue weighted by Gasteiger charge is 2.16. The van der Waals surface area contributed by atoms with Crippen LogP contribution in [-0.4, -0.2) is 30.7 Å². The molecule has 1 aromatic carbocycles. The molecule has 5 heteroatoms. The molecular formula is C17H26N5+. The van der Waals surface area contributed by atoms with Gasteiger partial charge in [-0.1, -0.05) is 6.07 Å². The van der Waals surface area contributed by atoms with E-state index in [4.69, 9.17) is 5.73 Å². The van der Waals surface area contributed by atoms with Crippen LogP contribution in [0.5, 0.6) is 0 Å². The number of fused-ring (bicyclic) bond motifs is 1. The molecule has 0 spiro atoms. The Labute approximate surface area is 132 Å². The maximum absolute atomic E-state index is 5.94. The van der Waals surface area contributed by atoms with Gasteiger partial charge in [-0.3, -0.25) is 0 Å². The Bertz CT molecular complexity index is 619. The Balaban J connectivity index is 1.45. The van der Waals surface area contributed by atoms with Crippen molar-refractivity contribution < 1.29 is 4.57 Å². The van der Waals surface area contributed by atoms with Gasteiger partial charge in [-0.25, -0.2) is 9.13 Å². The van der Waals surface area contributed by atoms with Crippen molar-refractivity contribution in [3.8, 4) is 0 Å². The van der Waals surface area contributed by atoms with Gasteiger partial charge in [0.15, 0.2) is 0 Å². The topological polar surface area (TPSA) is 50.1 Å². The molecule has 0 saturated heterocycles. The van der Waals surface area contributed by atoms with Gasteiger partial charge in [0.05, 0.1) is 7.05 Å². The van der Waals surface area contributed by atoms with Crippen LogP contribution in [0.15, 0.2) is 36.9 Å². The van der Waals surface area contributed by atoms with Gasteiger partial charge >= 0.3 is 0 Å². The second kappa shape index (κ2) is 6.83. The van der Waals surface area contributed by atoms with E-state index in [0.29, 0.717) is 0 Å². The van der Waals surface area contributed by atoms with Gasteiger partial charge < -0.3 is 16.0 Å². The number of aromatic nitrogens is 2. The number of nitrogen functional groups attached to an aromatic ring is 1. The zero-order chi connectivity index (χ0) is 15.4. The second-order valence-electron chi connectivity index (χ2n) is 6.05. The van der Waals surface area contributed by atoms with Crippen LogP contribution < -0.4 is 20.5 Å². The fraction of sp³-hybridized carbons (Fsp3) is 0.471. The molecule has 118 valence electrons. The van der Waals surface area contributed by atoms with Crippen molar-refractivity contribution in [3.63, 3.8) is 0 Å². The number of hydrogen-bond acceptors (Lipinski definition) is 3. The Hall–Kier alpha value is -2.01. The first-order chi connectivity index (χ1) is 10.7. The lowest BCUT2D eigenvalue weighted by molar-refractivity contribution is -0.671. The molecule has 2 aromatic rings. The summed E-state index contributed by atoms with van der Waals surface area (Å²) >= 11 is 0. The van der Waals surface area contributed by atoms with Crippen LogP contribution in [0.2, 0.25) is 0 Å². The summed E-state index contributed by atoms with van der Waals surface area (Å²) in [4.78, 5) is 2.46. The number of nitrogens with one attached hydrogen (secondary N) is 1. The van der Waals surface area contributed by atoms with Crippen LogP contribution in [0.3, 0.4) is 0 Å². The van der Waals surface area contributed by atoms with Crippen molar-refractivity contribution in [2.45, 2.75) is 19.4 Å². The Kier molecular flexibility index (Phi) is 4.63. The van der Waals surface area contributed by atoms with E-state index in [-0.39, 0.29) is 0 Å². The molecule has 0 aliphatic carbocycles. The van der Waals surface area contributed by atoms with Gasteiger partial charge in [-0.15, -0.1) is 0 Å². The van der Waals surface area contributed by atoms with Crippen LogP contribution in [0.4, 0.5) is 11.4 Å².